The van der Waals surface area contributed by atoms with Crippen LogP contribution in [0.15, 0.2) is 241 Å². The van der Waals surface area contributed by atoms with Crippen LogP contribution in [0.1, 0.15) is 25.0 Å². The quantitative estimate of drug-likeness (QED) is 0.155. The third-order valence-electron chi connectivity index (χ3n) is 15.1. The topological polar surface area (TPSA) is 16.4 Å². The van der Waals surface area contributed by atoms with Crippen molar-refractivity contribution in [2.24, 2.45) is 0 Å². The maximum absolute atomic E-state index is 7.24. The first kappa shape index (κ1) is 39.4. The monoisotopic (exact) mass is 879 g/mol. The van der Waals surface area contributed by atoms with E-state index in [0.29, 0.717) is 0 Å². The van der Waals surface area contributed by atoms with Crippen LogP contribution < -0.4 is 4.90 Å². The summed E-state index contributed by atoms with van der Waals surface area (Å²) in [6, 6.07) is 87.0. The zero-order chi connectivity index (χ0) is 45.8. The number of anilines is 3. The molecule has 0 atom stereocenters. The molecule has 13 aromatic rings. The van der Waals surface area contributed by atoms with Gasteiger partial charge < -0.3 is 9.32 Å². The first-order valence-corrected chi connectivity index (χ1v) is 24.0. The lowest BCUT2D eigenvalue weighted by molar-refractivity contribution is 0.660. The van der Waals surface area contributed by atoms with Crippen LogP contribution >= 0.6 is 0 Å². The Morgan fingerprint density at radius 3 is 1.54 bits per heavy atom. The van der Waals surface area contributed by atoms with E-state index in [2.05, 4.69) is 255 Å². The Kier molecular flexibility index (Phi) is 8.66. The van der Waals surface area contributed by atoms with E-state index in [-0.39, 0.29) is 5.41 Å². The number of para-hydroxylation sites is 2. The van der Waals surface area contributed by atoms with E-state index < -0.39 is 0 Å². The van der Waals surface area contributed by atoms with E-state index in [4.69, 9.17) is 4.42 Å². The zero-order valence-electron chi connectivity index (χ0n) is 38.4. The fourth-order valence-electron chi connectivity index (χ4n) is 11.7. The molecule has 2 nitrogen and oxygen atoms in total. The predicted octanol–water partition coefficient (Wildman–Crippen LogP) is 19.0. The number of benzene rings is 12. The van der Waals surface area contributed by atoms with Crippen molar-refractivity contribution < 1.29 is 4.42 Å². The summed E-state index contributed by atoms with van der Waals surface area (Å²) in [6.45, 7) is 4.74. The van der Waals surface area contributed by atoms with Gasteiger partial charge in [-0.1, -0.05) is 214 Å². The Morgan fingerprint density at radius 2 is 0.797 bits per heavy atom. The lowest BCUT2D eigenvalue weighted by Crippen LogP contribution is -2.17. The first-order chi connectivity index (χ1) is 34.0. The fourth-order valence-corrected chi connectivity index (χ4v) is 11.7. The molecule has 1 aliphatic rings. The van der Waals surface area contributed by atoms with Crippen molar-refractivity contribution >= 4 is 82.1 Å². The van der Waals surface area contributed by atoms with Crippen LogP contribution in [-0.2, 0) is 5.41 Å². The van der Waals surface area contributed by atoms with Gasteiger partial charge in [0.25, 0.3) is 0 Å². The summed E-state index contributed by atoms with van der Waals surface area (Å²) >= 11 is 0. The maximum Gasteiger partial charge on any atom is 0.143 e. The predicted molar refractivity (Wildman–Crippen MR) is 292 cm³/mol. The van der Waals surface area contributed by atoms with Crippen molar-refractivity contribution in [1.82, 2.24) is 0 Å². The lowest BCUT2D eigenvalue weighted by Gasteiger charge is -2.30. The molecule has 324 valence electrons. The second-order valence-electron chi connectivity index (χ2n) is 19.1. The minimum Gasteiger partial charge on any atom is -0.455 e. The van der Waals surface area contributed by atoms with Gasteiger partial charge in [0.15, 0.2) is 0 Å². The molecule has 1 heterocycles. The van der Waals surface area contributed by atoms with Gasteiger partial charge in [0.1, 0.15) is 11.2 Å². The highest BCUT2D eigenvalue weighted by Crippen LogP contribution is 2.53. The number of nitrogens with zero attached hydrogens (tertiary/aromatic N) is 1. The van der Waals surface area contributed by atoms with Crippen LogP contribution in [-0.4, -0.2) is 0 Å². The Bertz CT molecular complexity index is 4210. The van der Waals surface area contributed by atoms with Crippen LogP contribution in [0.4, 0.5) is 17.1 Å². The van der Waals surface area contributed by atoms with E-state index in [9.17, 15) is 0 Å². The van der Waals surface area contributed by atoms with Crippen molar-refractivity contribution in [2.75, 3.05) is 4.90 Å². The summed E-state index contributed by atoms with van der Waals surface area (Å²) in [5.41, 5.74) is 16.9. The number of furan rings is 1. The van der Waals surface area contributed by atoms with Crippen LogP contribution in [0.5, 0.6) is 0 Å². The molecule has 0 saturated heterocycles. The van der Waals surface area contributed by atoms with Crippen molar-refractivity contribution in [3.8, 4) is 44.5 Å². The van der Waals surface area contributed by atoms with Crippen LogP contribution in [0.2, 0.25) is 0 Å². The van der Waals surface area contributed by atoms with Crippen molar-refractivity contribution in [3.05, 3.63) is 248 Å². The molecule has 1 aliphatic carbocycles. The molecule has 0 bridgehead atoms. The van der Waals surface area contributed by atoms with Gasteiger partial charge in [0.05, 0.1) is 5.69 Å². The Hall–Kier alpha value is -8.72. The smallest absolute Gasteiger partial charge is 0.143 e. The Balaban J connectivity index is 1.08. The maximum atomic E-state index is 7.24. The molecule has 0 radical (unpaired) electrons. The molecule has 0 aliphatic heterocycles. The fraction of sp³-hybridized carbons (Fsp3) is 0.0448. The summed E-state index contributed by atoms with van der Waals surface area (Å²) in [4.78, 5) is 2.50. The molecule has 0 spiro atoms. The lowest BCUT2D eigenvalue weighted by atomic mass is 9.82. The molecule has 0 amide bonds. The summed E-state index contributed by atoms with van der Waals surface area (Å²) < 4.78 is 7.24. The molecule has 1 aromatic heterocycles. The van der Waals surface area contributed by atoms with Crippen LogP contribution in [0.3, 0.4) is 0 Å². The Labute approximate surface area is 401 Å². The van der Waals surface area contributed by atoms with Gasteiger partial charge >= 0.3 is 0 Å². The average Bonchev–Trinajstić information content (AvgIpc) is 3.91. The van der Waals surface area contributed by atoms with Crippen LogP contribution in [0, 0.1) is 0 Å². The molecule has 12 aromatic carbocycles. The highest BCUT2D eigenvalue weighted by atomic mass is 16.3. The summed E-state index contributed by atoms with van der Waals surface area (Å²) in [5, 5.41) is 12.0. The number of rotatable bonds is 6. The zero-order valence-corrected chi connectivity index (χ0v) is 38.4. The van der Waals surface area contributed by atoms with Gasteiger partial charge in [-0.2, -0.15) is 0 Å². The molecule has 69 heavy (non-hydrogen) atoms. The summed E-state index contributed by atoms with van der Waals surface area (Å²) in [7, 11) is 0. The molecule has 2 heteroatoms. The van der Waals surface area contributed by atoms with Crippen LogP contribution in [0.25, 0.3) is 110 Å². The highest BCUT2D eigenvalue weighted by molar-refractivity contribution is 6.27. The van der Waals surface area contributed by atoms with Crippen molar-refractivity contribution in [2.45, 2.75) is 19.3 Å². The normalized spacial score (nSPS) is 12.9. The van der Waals surface area contributed by atoms with E-state index in [1.807, 2.05) is 0 Å². The largest absolute Gasteiger partial charge is 0.455 e. The molecular weight excluding hydrogens is 835 g/mol. The third-order valence-corrected chi connectivity index (χ3v) is 15.1. The molecular formula is C67H45NO. The highest BCUT2D eigenvalue weighted by Gasteiger charge is 2.36. The van der Waals surface area contributed by atoms with Gasteiger partial charge in [-0.05, 0) is 118 Å². The van der Waals surface area contributed by atoms with E-state index >= 15 is 0 Å². The molecule has 0 N–H and O–H groups in total. The minimum atomic E-state index is -0.191. The summed E-state index contributed by atoms with van der Waals surface area (Å²) in [5.74, 6) is 0. The third kappa shape index (κ3) is 5.98. The summed E-state index contributed by atoms with van der Waals surface area (Å²) in [6.07, 6.45) is 0. The van der Waals surface area contributed by atoms with E-state index in [1.54, 1.807) is 0 Å². The number of fused-ring (bicyclic) bond motifs is 13. The second-order valence-corrected chi connectivity index (χ2v) is 19.1. The minimum absolute atomic E-state index is 0.191. The Morgan fingerprint density at radius 1 is 0.304 bits per heavy atom. The first-order valence-electron chi connectivity index (χ1n) is 24.0. The second kappa shape index (κ2) is 15.2. The van der Waals surface area contributed by atoms with Gasteiger partial charge in [-0.3, -0.25) is 0 Å². The van der Waals surface area contributed by atoms with Gasteiger partial charge in [-0.25, -0.2) is 0 Å². The van der Waals surface area contributed by atoms with E-state index in [1.165, 1.54) is 76.5 Å². The average molecular weight is 880 g/mol. The van der Waals surface area contributed by atoms with Gasteiger partial charge in [-0.15, -0.1) is 0 Å². The molecule has 0 fully saturated rings. The van der Waals surface area contributed by atoms with Gasteiger partial charge in [0.2, 0.25) is 0 Å². The van der Waals surface area contributed by atoms with Crippen molar-refractivity contribution in [1.29, 1.82) is 0 Å². The molecule has 0 unspecified atom stereocenters. The molecule has 0 saturated carbocycles. The number of hydrogen-bond acceptors (Lipinski definition) is 2. The SMILES string of the molecule is CC1(C)c2ccccc2-c2ccc(N(c3ccc(-c4cccc5ccccc45)cc3)c3cc4c5ccccc5c5ccccc5c4cc3-c3cccc4c3oc3c(-c5ccccc5)cccc34)cc21. The van der Waals surface area contributed by atoms with E-state index in [0.717, 1.165) is 61.3 Å². The number of hydrogen-bond donors (Lipinski definition) is 0. The molecule has 14 rings (SSSR count). The standard InChI is InChI=1S/C67H45NO/c1-67(2)62-32-13-12-26-54(62)55-38-37-46(39-63(55)67)68(45-35-33-44(34-36-45)48-27-14-20-42-19-6-7-21-47(42)48)64-41-60-53-25-11-9-23-51(53)50-22-8-10-24-52(50)59(60)40-61(64)58-31-16-30-57-56-29-15-28-49(65(56)69-66(57)58)43-17-4-3-5-18-43/h3-41H,1-2H3. The van der Waals surface area contributed by atoms with Crippen molar-refractivity contribution in [3.63, 3.8) is 0 Å². The van der Waals surface area contributed by atoms with Gasteiger partial charge in [0, 0.05) is 44.3 Å².